The Hall–Kier alpha value is -2.18. The molecule has 2 rings (SSSR count). The Labute approximate surface area is 116 Å². The second-order valence-corrected chi connectivity index (χ2v) is 4.68. The number of anilines is 1. The first kappa shape index (κ1) is 14.2. The van der Waals surface area contributed by atoms with Gasteiger partial charge in [-0.05, 0) is 25.3 Å². The maximum Gasteiger partial charge on any atom is 0.376 e. The molecule has 1 atom stereocenters. The van der Waals surface area contributed by atoms with Crippen molar-refractivity contribution in [3.8, 4) is 0 Å². The van der Waals surface area contributed by atoms with Crippen LogP contribution in [0, 0.1) is 0 Å². The maximum absolute atomic E-state index is 11.6. The van der Waals surface area contributed by atoms with Crippen molar-refractivity contribution in [1.82, 2.24) is 9.97 Å². The quantitative estimate of drug-likeness (QED) is 0.825. The molecule has 1 unspecified atom stereocenters. The second-order valence-electron chi connectivity index (χ2n) is 4.68. The van der Waals surface area contributed by atoms with Crippen molar-refractivity contribution in [2.45, 2.75) is 31.7 Å². The molecule has 7 heteroatoms. The summed E-state index contributed by atoms with van der Waals surface area (Å²) in [6, 6.07) is 1.62. The van der Waals surface area contributed by atoms with Gasteiger partial charge in [0, 0.05) is 12.7 Å². The van der Waals surface area contributed by atoms with Gasteiger partial charge in [0.2, 0.25) is 5.82 Å². The largest absolute Gasteiger partial charge is 0.479 e. The van der Waals surface area contributed by atoms with Crippen LogP contribution in [0.3, 0.4) is 0 Å². The lowest BCUT2D eigenvalue weighted by atomic mass is 9.93. The lowest BCUT2D eigenvalue weighted by Crippen LogP contribution is -2.50. The van der Waals surface area contributed by atoms with E-state index in [1.807, 2.05) is 6.92 Å². The van der Waals surface area contributed by atoms with Crippen LogP contribution in [-0.4, -0.2) is 46.2 Å². The molecule has 0 bridgehead atoms. The van der Waals surface area contributed by atoms with Crippen LogP contribution >= 0.6 is 0 Å². The zero-order valence-electron chi connectivity index (χ0n) is 11.5. The van der Waals surface area contributed by atoms with E-state index in [-0.39, 0.29) is 5.82 Å². The first-order valence-corrected chi connectivity index (χ1v) is 6.47. The smallest absolute Gasteiger partial charge is 0.376 e. The fourth-order valence-electron chi connectivity index (χ4n) is 2.64. The molecule has 1 aliphatic rings. The van der Waals surface area contributed by atoms with E-state index < -0.39 is 17.5 Å². The minimum atomic E-state index is -0.957. The number of carbonyl (C=O) groups excluding carboxylic acids is 1. The maximum atomic E-state index is 11.6. The summed E-state index contributed by atoms with van der Waals surface area (Å²) in [6.07, 6.45) is 3.25. The number of ether oxygens (including phenoxy) is 1. The molecule has 1 aliphatic heterocycles. The molecule has 0 aromatic carbocycles. The molecule has 1 N–H and O–H groups in total. The number of hydrogen-bond donors (Lipinski definition) is 1. The Bertz CT molecular complexity index is 534. The van der Waals surface area contributed by atoms with Crippen LogP contribution in [0.25, 0.3) is 0 Å². The molecule has 0 amide bonds. The van der Waals surface area contributed by atoms with Gasteiger partial charge in [0.25, 0.3) is 0 Å². The SMILES string of the molecule is CCC1(C(=O)O)CCCN1c1ccnc(C(=O)OC)n1. The third-order valence-corrected chi connectivity index (χ3v) is 3.76. The summed E-state index contributed by atoms with van der Waals surface area (Å²) in [5.41, 5.74) is -0.957. The average molecular weight is 279 g/mol. The second kappa shape index (κ2) is 5.44. The number of carbonyl (C=O) groups is 2. The molecule has 20 heavy (non-hydrogen) atoms. The van der Waals surface area contributed by atoms with E-state index in [9.17, 15) is 14.7 Å². The van der Waals surface area contributed by atoms with Gasteiger partial charge < -0.3 is 14.7 Å². The first-order chi connectivity index (χ1) is 9.55. The third kappa shape index (κ3) is 2.19. The van der Waals surface area contributed by atoms with Crippen molar-refractivity contribution in [2.75, 3.05) is 18.6 Å². The fraction of sp³-hybridized carbons (Fsp3) is 0.538. The predicted molar refractivity (Wildman–Crippen MR) is 70.6 cm³/mol. The highest BCUT2D eigenvalue weighted by Crippen LogP contribution is 2.35. The van der Waals surface area contributed by atoms with Crippen LogP contribution in [0.2, 0.25) is 0 Å². The van der Waals surface area contributed by atoms with Crippen LogP contribution in [0.5, 0.6) is 0 Å². The average Bonchev–Trinajstić information content (AvgIpc) is 2.91. The van der Waals surface area contributed by atoms with Gasteiger partial charge in [0.15, 0.2) is 0 Å². The first-order valence-electron chi connectivity index (χ1n) is 6.47. The van der Waals surface area contributed by atoms with Crippen LogP contribution in [-0.2, 0) is 9.53 Å². The number of hydrogen-bond acceptors (Lipinski definition) is 6. The molecule has 1 saturated heterocycles. The summed E-state index contributed by atoms with van der Waals surface area (Å²) in [5.74, 6) is -1.12. The number of esters is 1. The molecular formula is C13H17N3O4. The van der Waals surface area contributed by atoms with Gasteiger partial charge in [0.05, 0.1) is 7.11 Å². The van der Waals surface area contributed by atoms with Gasteiger partial charge in [-0.1, -0.05) is 6.92 Å². The van der Waals surface area contributed by atoms with Gasteiger partial charge in [0.1, 0.15) is 11.4 Å². The molecule has 0 spiro atoms. The minimum absolute atomic E-state index is 0.0627. The summed E-state index contributed by atoms with van der Waals surface area (Å²) in [5, 5.41) is 9.54. The van der Waals surface area contributed by atoms with Crippen LogP contribution in [0.1, 0.15) is 36.8 Å². The molecule has 108 valence electrons. The predicted octanol–water partition coefficient (Wildman–Crippen LogP) is 1.10. The summed E-state index contributed by atoms with van der Waals surface area (Å²) in [6.45, 7) is 2.44. The monoisotopic (exact) mass is 279 g/mol. The minimum Gasteiger partial charge on any atom is -0.479 e. The number of aromatic nitrogens is 2. The highest BCUT2D eigenvalue weighted by molar-refractivity contribution is 5.86. The number of rotatable bonds is 4. The van der Waals surface area contributed by atoms with Gasteiger partial charge >= 0.3 is 11.9 Å². The normalized spacial score (nSPS) is 21.8. The molecule has 0 saturated carbocycles. The number of carboxylic acid groups (broad SMARTS) is 1. The van der Waals surface area contributed by atoms with Crippen molar-refractivity contribution < 1.29 is 19.4 Å². The Balaban J connectivity index is 2.40. The summed E-state index contributed by atoms with van der Waals surface area (Å²) < 4.78 is 4.58. The number of nitrogens with zero attached hydrogens (tertiary/aromatic N) is 3. The highest BCUT2D eigenvalue weighted by atomic mass is 16.5. The topological polar surface area (TPSA) is 92.6 Å². The van der Waals surface area contributed by atoms with Crippen molar-refractivity contribution in [3.05, 3.63) is 18.1 Å². The molecule has 2 heterocycles. The van der Waals surface area contributed by atoms with Crippen LogP contribution < -0.4 is 4.90 Å². The number of methoxy groups -OCH3 is 1. The lowest BCUT2D eigenvalue weighted by Gasteiger charge is -2.34. The Kier molecular flexibility index (Phi) is 3.87. The molecule has 1 fully saturated rings. The van der Waals surface area contributed by atoms with E-state index in [2.05, 4.69) is 14.7 Å². The van der Waals surface area contributed by atoms with Crippen molar-refractivity contribution in [1.29, 1.82) is 0 Å². The van der Waals surface area contributed by atoms with Gasteiger partial charge in [-0.2, -0.15) is 0 Å². The van der Waals surface area contributed by atoms with Crippen molar-refractivity contribution >= 4 is 17.8 Å². The molecule has 0 radical (unpaired) electrons. The van der Waals surface area contributed by atoms with E-state index in [1.165, 1.54) is 13.3 Å². The zero-order valence-corrected chi connectivity index (χ0v) is 11.5. The van der Waals surface area contributed by atoms with Crippen LogP contribution in [0.15, 0.2) is 12.3 Å². The van der Waals surface area contributed by atoms with E-state index in [0.717, 1.165) is 6.42 Å². The molecule has 1 aromatic heterocycles. The summed E-state index contributed by atoms with van der Waals surface area (Å²) in [7, 11) is 1.25. The number of carboxylic acids is 1. The zero-order chi connectivity index (χ0) is 14.8. The lowest BCUT2D eigenvalue weighted by molar-refractivity contribution is -0.143. The van der Waals surface area contributed by atoms with E-state index in [0.29, 0.717) is 25.2 Å². The van der Waals surface area contributed by atoms with E-state index in [4.69, 9.17) is 0 Å². The summed E-state index contributed by atoms with van der Waals surface area (Å²) >= 11 is 0. The Morgan fingerprint density at radius 2 is 2.30 bits per heavy atom. The van der Waals surface area contributed by atoms with E-state index in [1.54, 1.807) is 11.0 Å². The van der Waals surface area contributed by atoms with Gasteiger partial charge in [-0.25, -0.2) is 19.6 Å². The Morgan fingerprint density at radius 1 is 1.55 bits per heavy atom. The number of aliphatic carboxylic acids is 1. The van der Waals surface area contributed by atoms with Crippen molar-refractivity contribution in [2.24, 2.45) is 0 Å². The summed E-state index contributed by atoms with van der Waals surface area (Å²) in [4.78, 5) is 32.8. The highest BCUT2D eigenvalue weighted by Gasteiger charge is 2.47. The molecule has 1 aromatic rings. The van der Waals surface area contributed by atoms with E-state index >= 15 is 0 Å². The molecular weight excluding hydrogens is 262 g/mol. The van der Waals surface area contributed by atoms with Gasteiger partial charge in [-0.15, -0.1) is 0 Å². The van der Waals surface area contributed by atoms with Crippen LogP contribution in [0.4, 0.5) is 5.82 Å². The fourth-order valence-corrected chi connectivity index (χ4v) is 2.64. The molecule has 7 nitrogen and oxygen atoms in total. The van der Waals surface area contributed by atoms with Gasteiger partial charge in [-0.3, -0.25) is 0 Å². The van der Waals surface area contributed by atoms with Crippen molar-refractivity contribution in [3.63, 3.8) is 0 Å². The standard InChI is InChI=1S/C13H17N3O4/c1-3-13(12(18)19)6-4-8-16(13)9-5-7-14-10(15-9)11(17)20-2/h5,7H,3-4,6,8H2,1-2H3,(H,18,19). The third-order valence-electron chi connectivity index (χ3n) is 3.76. The molecule has 0 aliphatic carbocycles. The Morgan fingerprint density at radius 3 is 2.90 bits per heavy atom.